The minimum Gasteiger partial charge on any atom is -0.463 e. The first-order valence-corrected chi connectivity index (χ1v) is 13.6. The SMILES string of the molecule is C=CC(=O)OCCC[Si](OC)(OC)OC.C=CC(=O)OC[Si](C)(C)OCC. The van der Waals surface area contributed by atoms with Gasteiger partial charge in [-0.2, -0.15) is 0 Å². The lowest BCUT2D eigenvalue weighted by Gasteiger charge is -2.23. The third-order valence-corrected chi connectivity index (χ3v) is 7.98. The Morgan fingerprint density at radius 2 is 1.41 bits per heavy atom. The summed E-state index contributed by atoms with van der Waals surface area (Å²) in [6.45, 7) is 13.5. The van der Waals surface area contributed by atoms with Crippen LogP contribution in [0.25, 0.3) is 0 Å². The molecule has 0 heterocycles. The molecule has 0 rings (SSSR count). The van der Waals surface area contributed by atoms with Gasteiger partial charge in [-0.25, -0.2) is 9.59 Å². The summed E-state index contributed by atoms with van der Waals surface area (Å²) < 4.78 is 30.8. The van der Waals surface area contributed by atoms with Gasteiger partial charge in [0.15, 0.2) is 0 Å². The molecule has 0 N–H and O–H groups in total. The van der Waals surface area contributed by atoms with E-state index in [9.17, 15) is 9.59 Å². The van der Waals surface area contributed by atoms with Gasteiger partial charge in [-0.1, -0.05) is 13.2 Å². The highest BCUT2D eigenvalue weighted by molar-refractivity contribution is 6.71. The molecule has 0 unspecified atom stereocenters. The van der Waals surface area contributed by atoms with Crippen molar-refractivity contribution in [2.45, 2.75) is 32.5 Å². The maximum atomic E-state index is 10.7. The minimum absolute atomic E-state index is 0.315. The van der Waals surface area contributed by atoms with E-state index in [1.54, 1.807) is 21.3 Å². The minimum atomic E-state index is -2.52. The van der Waals surface area contributed by atoms with Gasteiger partial charge in [0.1, 0.15) is 6.23 Å². The van der Waals surface area contributed by atoms with Gasteiger partial charge in [-0.15, -0.1) is 0 Å². The molecule has 0 aliphatic carbocycles. The van der Waals surface area contributed by atoms with E-state index in [2.05, 4.69) is 13.2 Å². The lowest BCUT2D eigenvalue weighted by Crippen LogP contribution is -2.42. The molecule has 8 nitrogen and oxygen atoms in total. The predicted octanol–water partition coefficient (Wildman–Crippen LogP) is 2.48. The van der Waals surface area contributed by atoms with Gasteiger partial charge in [-0.3, -0.25) is 0 Å². The second-order valence-electron chi connectivity index (χ2n) is 5.78. The predicted molar refractivity (Wildman–Crippen MR) is 108 cm³/mol. The highest BCUT2D eigenvalue weighted by atomic mass is 28.4. The Labute approximate surface area is 164 Å². The van der Waals surface area contributed by atoms with Crippen LogP contribution in [0, 0.1) is 0 Å². The zero-order chi connectivity index (χ0) is 21.3. The van der Waals surface area contributed by atoms with Crippen LogP contribution in [-0.2, 0) is 36.8 Å². The van der Waals surface area contributed by atoms with Gasteiger partial charge in [0.25, 0.3) is 0 Å². The quantitative estimate of drug-likeness (QED) is 0.194. The van der Waals surface area contributed by atoms with E-state index in [1.165, 1.54) is 0 Å². The topological polar surface area (TPSA) is 89.5 Å². The van der Waals surface area contributed by atoms with Gasteiger partial charge in [0.05, 0.1) is 6.61 Å². The van der Waals surface area contributed by atoms with Crippen molar-refractivity contribution < 1.29 is 36.8 Å². The molecular weight excluding hydrogens is 388 g/mol. The molecule has 0 aromatic rings. The van der Waals surface area contributed by atoms with Gasteiger partial charge >= 0.3 is 20.7 Å². The number of hydrogen-bond donors (Lipinski definition) is 0. The number of rotatable bonds is 13. The van der Waals surface area contributed by atoms with Crippen LogP contribution in [0.3, 0.4) is 0 Å². The molecule has 27 heavy (non-hydrogen) atoms. The molecule has 0 aromatic heterocycles. The molecule has 0 saturated heterocycles. The Balaban J connectivity index is 0. The summed E-state index contributed by atoms with van der Waals surface area (Å²) in [7, 11) is 0.362. The zero-order valence-electron chi connectivity index (χ0n) is 17.4. The van der Waals surface area contributed by atoms with Gasteiger partial charge in [0.2, 0.25) is 8.32 Å². The summed E-state index contributed by atoms with van der Waals surface area (Å²) in [6, 6.07) is 0.612. The molecular formula is C17H34O8Si2. The fourth-order valence-electron chi connectivity index (χ4n) is 1.81. The monoisotopic (exact) mass is 422 g/mol. The van der Waals surface area contributed by atoms with Gasteiger partial charge in [0, 0.05) is 46.1 Å². The standard InChI is InChI=1S/C9H18O5Si.C8H16O3Si/c1-5-9(10)14-7-6-8-15(11-2,12-3)13-4;1-5-8(9)10-7-12(3,4)11-6-2/h5H,1,6-8H2,2-4H3;5H,1,6-7H2,2-4H3. The molecule has 0 aromatic carbocycles. The van der Waals surface area contributed by atoms with Crippen LogP contribution in [-0.4, -0.2) is 69.8 Å². The summed E-state index contributed by atoms with van der Waals surface area (Å²) >= 11 is 0. The fraction of sp³-hybridized carbons (Fsp3) is 0.647. The fourth-order valence-corrected chi connectivity index (χ4v) is 4.86. The van der Waals surface area contributed by atoms with E-state index in [4.69, 9.17) is 27.2 Å². The van der Waals surface area contributed by atoms with Crippen molar-refractivity contribution in [1.82, 2.24) is 0 Å². The maximum absolute atomic E-state index is 10.7. The molecule has 0 aliphatic rings. The van der Waals surface area contributed by atoms with Crippen LogP contribution in [0.5, 0.6) is 0 Å². The molecule has 0 radical (unpaired) electrons. The van der Waals surface area contributed by atoms with Crippen molar-refractivity contribution in [3.05, 3.63) is 25.3 Å². The Morgan fingerprint density at radius 1 is 0.926 bits per heavy atom. The molecule has 0 atom stereocenters. The zero-order valence-corrected chi connectivity index (χ0v) is 19.4. The van der Waals surface area contributed by atoms with Crippen LogP contribution in [0.15, 0.2) is 25.3 Å². The molecule has 10 heteroatoms. The highest BCUT2D eigenvalue weighted by Gasteiger charge is 2.36. The van der Waals surface area contributed by atoms with E-state index >= 15 is 0 Å². The van der Waals surface area contributed by atoms with Crippen LogP contribution in [0.2, 0.25) is 19.1 Å². The summed E-state index contributed by atoms with van der Waals surface area (Å²) in [4.78, 5) is 21.4. The lowest BCUT2D eigenvalue weighted by molar-refractivity contribution is -0.138. The normalized spacial score (nSPS) is 11.0. The van der Waals surface area contributed by atoms with Crippen molar-refractivity contribution in [1.29, 1.82) is 0 Å². The third kappa shape index (κ3) is 14.4. The Morgan fingerprint density at radius 3 is 1.81 bits per heavy atom. The summed E-state index contributed by atoms with van der Waals surface area (Å²) in [6.07, 6.45) is 3.33. The van der Waals surface area contributed by atoms with Crippen molar-refractivity contribution in [2.24, 2.45) is 0 Å². The van der Waals surface area contributed by atoms with Crippen LogP contribution in [0.1, 0.15) is 13.3 Å². The summed E-state index contributed by atoms with van der Waals surface area (Å²) in [5.74, 6) is -0.801. The molecule has 0 bridgehead atoms. The van der Waals surface area contributed by atoms with E-state index in [1.807, 2.05) is 20.0 Å². The number of carbonyl (C=O) groups is 2. The van der Waals surface area contributed by atoms with Gasteiger partial charge < -0.3 is 27.2 Å². The molecule has 158 valence electrons. The Kier molecular flexibility index (Phi) is 16.3. The second-order valence-corrected chi connectivity index (χ2v) is 13.0. The number of ether oxygens (including phenoxy) is 2. The highest BCUT2D eigenvalue weighted by Crippen LogP contribution is 2.14. The number of esters is 2. The van der Waals surface area contributed by atoms with Crippen molar-refractivity contribution in [2.75, 3.05) is 40.8 Å². The largest absolute Gasteiger partial charge is 0.500 e. The first-order chi connectivity index (χ1) is 12.7. The molecule has 0 aliphatic heterocycles. The lowest BCUT2D eigenvalue weighted by atomic mass is 10.5. The maximum Gasteiger partial charge on any atom is 0.500 e. The number of carbonyl (C=O) groups excluding carboxylic acids is 2. The van der Waals surface area contributed by atoms with Crippen molar-refractivity contribution in [3.63, 3.8) is 0 Å². The molecule has 0 fully saturated rings. The number of hydrogen-bond acceptors (Lipinski definition) is 8. The van der Waals surface area contributed by atoms with E-state index in [0.717, 1.165) is 12.2 Å². The Bertz CT molecular complexity index is 442. The van der Waals surface area contributed by atoms with E-state index < -0.39 is 23.1 Å². The first-order valence-electron chi connectivity index (χ1n) is 8.53. The summed E-state index contributed by atoms with van der Waals surface area (Å²) in [5, 5.41) is 0. The summed E-state index contributed by atoms with van der Waals surface area (Å²) in [5.41, 5.74) is 0. The smallest absolute Gasteiger partial charge is 0.463 e. The van der Waals surface area contributed by atoms with Crippen LogP contribution in [0.4, 0.5) is 0 Å². The molecule has 0 saturated carbocycles. The van der Waals surface area contributed by atoms with Gasteiger partial charge in [-0.05, 0) is 26.4 Å². The third-order valence-electron chi connectivity index (χ3n) is 3.24. The van der Waals surface area contributed by atoms with Crippen LogP contribution < -0.4 is 0 Å². The first kappa shape index (κ1) is 27.9. The average molecular weight is 423 g/mol. The van der Waals surface area contributed by atoms with E-state index in [-0.39, 0.29) is 5.97 Å². The van der Waals surface area contributed by atoms with Crippen molar-refractivity contribution >= 4 is 29.1 Å². The van der Waals surface area contributed by atoms with Crippen LogP contribution >= 0.6 is 0 Å². The average Bonchev–Trinajstić information content (AvgIpc) is 2.67. The Hall–Kier alpha value is -1.31. The van der Waals surface area contributed by atoms with E-state index in [0.29, 0.717) is 31.9 Å². The second kappa shape index (κ2) is 15.7. The molecule has 0 spiro atoms. The van der Waals surface area contributed by atoms with Crippen molar-refractivity contribution in [3.8, 4) is 0 Å². The molecule has 0 amide bonds.